The monoisotopic (exact) mass is 1070 g/mol. The first-order valence-corrected chi connectivity index (χ1v) is 26.1. The Bertz CT molecular complexity index is 2360. The predicted octanol–water partition coefficient (Wildman–Crippen LogP) is -5.11. The van der Waals surface area contributed by atoms with Crippen LogP contribution >= 0.6 is 21.6 Å². The van der Waals surface area contributed by atoms with Gasteiger partial charge in [0.1, 0.15) is 42.3 Å². The van der Waals surface area contributed by atoms with Crippen LogP contribution in [0.5, 0.6) is 0 Å². The van der Waals surface area contributed by atoms with Crippen molar-refractivity contribution in [2.24, 2.45) is 39.4 Å². The van der Waals surface area contributed by atoms with Gasteiger partial charge in [0.05, 0.1) is 19.0 Å². The first-order valence-electron chi connectivity index (χ1n) is 23.6. The molecule has 19 N–H and O–H groups in total. The van der Waals surface area contributed by atoms with E-state index in [2.05, 4.69) is 42.2 Å². The molecule has 4 rings (SSSR count). The Morgan fingerprint density at radius 1 is 0.676 bits per heavy atom. The minimum absolute atomic E-state index is 0.00960. The van der Waals surface area contributed by atoms with Gasteiger partial charge in [0.2, 0.25) is 65.0 Å². The lowest BCUT2D eigenvalue weighted by atomic mass is 10.0. The molecule has 26 nitrogen and oxygen atoms in total. The highest BCUT2D eigenvalue weighted by atomic mass is 33.1. The number of nitrogens with zero attached hydrogens (tertiary/aromatic N) is 2. The van der Waals surface area contributed by atoms with Gasteiger partial charge < -0.3 is 76.5 Å². The molecule has 0 aromatic heterocycles. The molecule has 11 amide bonds. The number of carbonyl (C=O) groups is 11. The fraction of sp³-hybridized carbons (Fsp3) is 0.478. The van der Waals surface area contributed by atoms with E-state index in [1.165, 1.54) is 4.90 Å². The summed E-state index contributed by atoms with van der Waals surface area (Å²) >= 11 is 0. The van der Waals surface area contributed by atoms with Gasteiger partial charge >= 0.3 is 0 Å². The molecule has 0 bridgehead atoms. The standard InChI is InChI=1S/C46H65N15O11S2/c47-27-23-73-74-24-33(45(72)61-18-8-14-34(61)44(71)56-28(13-7-17-53-46(51)52)39(66)54-22-37(50)64)60-43(70)32(21-36(49)63)59-40(67)29(15-16-35(48)62)55-41(68)31(20-26-11-5-2-6-12-26)58-42(69)30(57-38(27)65)19-25-9-3-1-4-10-25/h1-6,9-12,27-34H,7-8,13-24,47H2,(H2,48,62)(H2,49,63)(H2,50,64)(H,54,66)(H,55,68)(H,56,71)(H,57,65)(H,58,69)(H,59,67)(H,60,70)(H4,51,52,53)/t27-,28-,29-,30?,31-,32?,33-,34?/m0/s1. The van der Waals surface area contributed by atoms with Crippen LogP contribution in [-0.2, 0) is 65.6 Å². The maximum absolute atomic E-state index is 14.6. The van der Waals surface area contributed by atoms with Crippen molar-refractivity contribution in [1.82, 2.24) is 42.1 Å². The summed E-state index contributed by atoms with van der Waals surface area (Å²) in [6, 6.07) is 6.07. The van der Waals surface area contributed by atoms with Crippen LogP contribution in [0.2, 0.25) is 0 Å². The van der Waals surface area contributed by atoms with Gasteiger partial charge in [0, 0.05) is 43.9 Å². The number of nitrogens with one attached hydrogen (secondary N) is 7. The SMILES string of the molecule is NC(=O)CC[C@@H]1NC(=O)[C@H](Cc2ccccc2)NC(=O)C(Cc2ccccc2)NC(=O)[C@@H](N)CSSC[C@@H](C(=O)N2CCCC2C(=O)N[C@@H](CCCN=C(N)N)C(=O)NCC(N)=O)NC(=O)C(CC(N)=O)NC1=O. The first-order chi connectivity index (χ1) is 35.2. The number of likely N-dealkylation sites (tertiary alicyclic amines) is 1. The summed E-state index contributed by atoms with van der Waals surface area (Å²) in [6.45, 7) is -0.416. The first kappa shape index (κ1) is 59.1. The Kier molecular flexibility index (Phi) is 23.9. The topological polar surface area (TPSA) is 444 Å². The van der Waals surface area contributed by atoms with Gasteiger partial charge in [0.25, 0.3) is 0 Å². The summed E-state index contributed by atoms with van der Waals surface area (Å²) < 4.78 is 0. The molecule has 0 spiro atoms. The largest absolute Gasteiger partial charge is 0.370 e. The molecule has 2 aliphatic heterocycles. The van der Waals surface area contributed by atoms with Crippen molar-refractivity contribution in [1.29, 1.82) is 0 Å². The lowest BCUT2D eigenvalue weighted by Crippen LogP contribution is -2.61. The van der Waals surface area contributed by atoms with E-state index in [4.69, 9.17) is 34.4 Å². The van der Waals surface area contributed by atoms with Crippen LogP contribution < -0.4 is 71.6 Å². The van der Waals surface area contributed by atoms with Gasteiger partial charge in [-0.05, 0) is 43.2 Å². The van der Waals surface area contributed by atoms with Crippen LogP contribution in [0.4, 0.5) is 0 Å². The van der Waals surface area contributed by atoms with E-state index in [9.17, 15) is 52.7 Å². The molecule has 0 radical (unpaired) electrons. The molecular formula is C46H65N15O11S2. The van der Waals surface area contributed by atoms with Gasteiger partial charge in [-0.15, -0.1) is 0 Å². The molecule has 2 saturated heterocycles. The minimum atomic E-state index is -1.78. The Morgan fingerprint density at radius 2 is 1.22 bits per heavy atom. The quantitative estimate of drug-likeness (QED) is 0.0271. The summed E-state index contributed by atoms with van der Waals surface area (Å²) in [7, 11) is 2.04. The number of carbonyl (C=O) groups excluding carboxylic acids is 11. The van der Waals surface area contributed by atoms with Crippen molar-refractivity contribution in [3.05, 3.63) is 71.8 Å². The number of nitrogens with two attached hydrogens (primary N) is 6. The second kappa shape index (κ2) is 29.9. The average Bonchev–Trinajstić information content (AvgIpc) is 3.86. The second-order valence-electron chi connectivity index (χ2n) is 17.4. The number of rotatable bonds is 19. The van der Waals surface area contributed by atoms with E-state index in [-0.39, 0.29) is 62.7 Å². The highest BCUT2D eigenvalue weighted by Crippen LogP contribution is 2.26. The van der Waals surface area contributed by atoms with Crippen LogP contribution in [0.1, 0.15) is 56.1 Å². The Morgan fingerprint density at radius 3 is 1.78 bits per heavy atom. The van der Waals surface area contributed by atoms with Crippen LogP contribution in [0.3, 0.4) is 0 Å². The summed E-state index contributed by atoms with van der Waals surface area (Å²) in [5.74, 6) is -10.2. The van der Waals surface area contributed by atoms with Gasteiger partial charge in [-0.3, -0.25) is 57.7 Å². The van der Waals surface area contributed by atoms with Crippen molar-refractivity contribution < 1.29 is 52.7 Å². The molecule has 2 aromatic rings. The number of guanidine groups is 1. The third-order valence-electron chi connectivity index (χ3n) is 11.6. The minimum Gasteiger partial charge on any atom is -0.370 e. The highest BCUT2D eigenvalue weighted by Gasteiger charge is 2.40. The molecule has 2 heterocycles. The number of hydrogen-bond acceptors (Lipinski definition) is 15. The zero-order valence-electron chi connectivity index (χ0n) is 40.5. The van der Waals surface area contributed by atoms with Crippen LogP contribution in [0.25, 0.3) is 0 Å². The zero-order valence-corrected chi connectivity index (χ0v) is 42.1. The summed E-state index contributed by atoms with van der Waals surface area (Å²) in [5.41, 5.74) is 34.6. The van der Waals surface area contributed by atoms with Crippen LogP contribution in [-0.4, -0.2) is 155 Å². The van der Waals surface area contributed by atoms with E-state index < -0.39 is 139 Å². The van der Waals surface area contributed by atoms with E-state index in [1.54, 1.807) is 60.7 Å². The van der Waals surface area contributed by atoms with Crippen LogP contribution in [0.15, 0.2) is 65.7 Å². The predicted molar refractivity (Wildman–Crippen MR) is 274 cm³/mol. The zero-order chi connectivity index (χ0) is 54.3. The molecular weight excluding hydrogens is 1000 g/mol. The number of primary amides is 3. The Hall–Kier alpha value is -7.46. The van der Waals surface area contributed by atoms with Crippen molar-refractivity contribution in [3.8, 4) is 0 Å². The van der Waals surface area contributed by atoms with Crippen molar-refractivity contribution in [2.45, 2.75) is 106 Å². The summed E-state index contributed by atoms with van der Waals surface area (Å²) in [4.78, 5) is 153. The fourth-order valence-electron chi connectivity index (χ4n) is 7.78. The molecule has 8 atom stereocenters. The maximum atomic E-state index is 14.6. The molecule has 3 unspecified atom stereocenters. The van der Waals surface area contributed by atoms with Gasteiger partial charge in [-0.1, -0.05) is 82.3 Å². The molecule has 74 heavy (non-hydrogen) atoms. The normalized spacial score (nSPS) is 22.7. The van der Waals surface area contributed by atoms with Gasteiger partial charge in [0.15, 0.2) is 5.96 Å². The van der Waals surface area contributed by atoms with Gasteiger partial charge in [-0.25, -0.2) is 0 Å². The number of aliphatic imine (C=N–C) groups is 1. The third kappa shape index (κ3) is 19.9. The summed E-state index contributed by atoms with van der Waals surface area (Å²) in [5, 5.41) is 17.9. The maximum Gasteiger partial charge on any atom is 0.246 e. The number of benzene rings is 2. The van der Waals surface area contributed by atoms with E-state index in [0.29, 0.717) is 17.5 Å². The van der Waals surface area contributed by atoms with Crippen molar-refractivity contribution in [2.75, 3.05) is 31.1 Å². The van der Waals surface area contributed by atoms with Crippen LogP contribution in [0, 0.1) is 0 Å². The lowest BCUT2D eigenvalue weighted by molar-refractivity contribution is -0.142. The molecule has 28 heteroatoms. The van der Waals surface area contributed by atoms with E-state index in [1.807, 2.05) is 0 Å². The lowest BCUT2D eigenvalue weighted by Gasteiger charge is -2.31. The average molecular weight is 1070 g/mol. The molecule has 2 fully saturated rings. The smallest absolute Gasteiger partial charge is 0.246 e. The van der Waals surface area contributed by atoms with Crippen molar-refractivity contribution >= 4 is 92.5 Å². The molecule has 402 valence electrons. The third-order valence-corrected chi connectivity index (χ3v) is 14.0. The molecule has 2 aromatic carbocycles. The van der Waals surface area contributed by atoms with E-state index in [0.717, 1.165) is 21.6 Å². The molecule has 0 saturated carbocycles. The molecule has 2 aliphatic rings. The number of hydrogen-bond donors (Lipinski definition) is 13. The number of amides is 11. The Labute approximate surface area is 434 Å². The van der Waals surface area contributed by atoms with Crippen molar-refractivity contribution in [3.63, 3.8) is 0 Å². The molecule has 0 aliphatic carbocycles. The Balaban J connectivity index is 1.70. The van der Waals surface area contributed by atoms with Gasteiger partial charge in [-0.2, -0.15) is 0 Å². The summed E-state index contributed by atoms with van der Waals surface area (Å²) in [6.07, 6.45) is -1.14. The second-order valence-corrected chi connectivity index (χ2v) is 20.0. The fourth-order valence-corrected chi connectivity index (χ4v) is 10.1. The highest BCUT2D eigenvalue weighted by molar-refractivity contribution is 8.76. The van der Waals surface area contributed by atoms with E-state index >= 15 is 0 Å².